The lowest BCUT2D eigenvalue weighted by molar-refractivity contribution is 0.179. The Morgan fingerprint density at radius 2 is 1.53 bits per heavy atom. The highest BCUT2D eigenvalue weighted by molar-refractivity contribution is 7.89. The largest absolute Gasteiger partial charge is 0.441 e. The van der Waals surface area contributed by atoms with E-state index < -0.39 is 10.0 Å². The summed E-state index contributed by atoms with van der Waals surface area (Å²) in [5.41, 5.74) is 5.95. The predicted molar refractivity (Wildman–Crippen MR) is 126 cm³/mol. The first-order valence-electron chi connectivity index (χ1n) is 11.0. The highest BCUT2D eigenvalue weighted by atomic mass is 32.2. The summed E-state index contributed by atoms with van der Waals surface area (Å²) in [6.07, 6.45) is 0. The van der Waals surface area contributed by atoms with E-state index in [2.05, 4.69) is 4.90 Å². The number of hydrogen-bond donors (Lipinski definition) is 0. The van der Waals surface area contributed by atoms with Crippen molar-refractivity contribution in [3.8, 4) is 11.5 Å². The zero-order valence-corrected chi connectivity index (χ0v) is 20.3. The number of rotatable bonds is 5. The van der Waals surface area contributed by atoms with E-state index in [4.69, 9.17) is 9.40 Å². The molecule has 1 aliphatic rings. The van der Waals surface area contributed by atoms with E-state index in [-0.39, 0.29) is 0 Å². The molecule has 0 aliphatic carbocycles. The third kappa shape index (κ3) is 4.37. The lowest BCUT2D eigenvalue weighted by atomic mass is 10.1. The van der Waals surface area contributed by atoms with E-state index in [9.17, 15) is 8.42 Å². The van der Waals surface area contributed by atoms with Gasteiger partial charge in [0.2, 0.25) is 15.9 Å². The van der Waals surface area contributed by atoms with Gasteiger partial charge in [0.05, 0.1) is 10.6 Å². The third-order valence-electron chi connectivity index (χ3n) is 6.38. The molecule has 1 aliphatic heterocycles. The second-order valence-electron chi connectivity index (χ2n) is 8.72. The number of aryl methyl sites for hydroxylation is 5. The van der Waals surface area contributed by atoms with E-state index in [1.165, 1.54) is 0 Å². The highest BCUT2D eigenvalue weighted by Gasteiger charge is 2.30. The Morgan fingerprint density at radius 1 is 0.875 bits per heavy atom. The fourth-order valence-electron chi connectivity index (χ4n) is 4.19. The SMILES string of the molecule is Cc1cc(C)c(S(=O)(=O)N2CCN(Cc3nc(-c4ccccc4C)oc3C)CC2)cc1C. The second-order valence-corrected chi connectivity index (χ2v) is 10.6. The normalized spacial score (nSPS) is 15.9. The van der Waals surface area contributed by atoms with Crippen LogP contribution in [0.15, 0.2) is 45.7 Å². The molecule has 0 radical (unpaired) electrons. The average molecular weight is 454 g/mol. The number of hydrogen-bond acceptors (Lipinski definition) is 5. The lowest BCUT2D eigenvalue weighted by Crippen LogP contribution is -2.48. The molecule has 0 saturated carbocycles. The molecule has 0 unspecified atom stereocenters. The Balaban J connectivity index is 1.45. The van der Waals surface area contributed by atoms with Crippen molar-refractivity contribution in [1.82, 2.24) is 14.2 Å². The van der Waals surface area contributed by atoms with Gasteiger partial charge in [0.15, 0.2) is 0 Å². The fraction of sp³-hybridized carbons (Fsp3) is 0.400. The van der Waals surface area contributed by atoms with Crippen molar-refractivity contribution in [2.24, 2.45) is 0 Å². The number of oxazole rings is 1. The van der Waals surface area contributed by atoms with Crippen LogP contribution in [0, 0.1) is 34.6 Å². The summed E-state index contributed by atoms with van der Waals surface area (Å²) >= 11 is 0. The van der Waals surface area contributed by atoms with Gasteiger partial charge in [-0.15, -0.1) is 0 Å². The van der Waals surface area contributed by atoms with Crippen LogP contribution in [0.3, 0.4) is 0 Å². The minimum Gasteiger partial charge on any atom is -0.441 e. The van der Waals surface area contributed by atoms with Gasteiger partial charge >= 0.3 is 0 Å². The molecule has 170 valence electrons. The zero-order chi connectivity index (χ0) is 23.0. The topological polar surface area (TPSA) is 66.7 Å². The maximum absolute atomic E-state index is 13.3. The number of piperazine rings is 1. The fourth-order valence-corrected chi connectivity index (χ4v) is 5.91. The van der Waals surface area contributed by atoms with Gasteiger partial charge < -0.3 is 4.42 Å². The number of aromatic nitrogens is 1. The smallest absolute Gasteiger partial charge is 0.243 e. The van der Waals surface area contributed by atoms with Crippen LogP contribution in [-0.4, -0.2) is 48.8 Å². The molecule has 0 atom stereocenters. The quantitative estimate of drug-likeness (QED) is 0.573. The second kappa shape index (κ2) is 8.81. The Kier molecular flexibility index (Phi) is 6.25. The van der Waals surface area contributed by atoms with Crippen molar-refractivity contribution in [2.45, 2.75) is 46.1 Å². The first kappa shape index (κ1) is 22.7. The maximum atomic E-state index is 13.3. The molecule has 1 aromatic heterocycles. The Hall–Kier alpha value is -2.48. The van der Waals surface area contributed by atoms with Gasteiger partial charge in [-0.2, -0.15) is 4.31 Å². The molecule has 2 heterocycles. The predicted octanol–water partition coefficient (Wildman–Crippen LogP) is 4.39. The molecule has 0 spiro atoms. The van der Waals surface area contributed by atoms with Crippen LogP contribution in [0.2, 0.25) is 0 Å². The maximum Gasteiger partial charge on any atom is 0.243 e. The van der Waals surface area contributed by atoms with Gasteiger partial charge in [0.1, 0.15) is 5.76 Å². The zero-order valence-electron chi connectivity index (χ0n) is 19.5. The average Bonchev–Trinajstić information content (AvgIpc) is 3.11. The molecule has 1 saturated heterocycles. The summed E-state index contributed by atoms with van der Waals surface area (Å²) in [5, 5.41) is 0. The van der Waals surface area contributed by atoms with Gasteiger partial charge in [0, 0.05) is 38.3 Å². The minimum absolute atomic E-state index is 0.421. The molecule has 2 aromatic carbocycles. The van der Waals surface area contributed by atoms with Gasteiger partial charge in [-0.25, -0.2) is 13.4 Å². The molecule has 6 nitrogen and oxygen atoms in total. The first-order valence-corrected chi connectivity index (χ1v) is 12.4. The number of sulfonamides is 1. The molecule has 0 N–H and O–H groups in total. The molecule has 4 rings (SSSR count). The third-order valence-corrected chi connectivity index (χ3v) is 8.42. The lowest BCUT2D eigenvalue weighted by Gasteiger charge is -2.34. The summed E-state index contributed by atoms with van der Waals surface area (Å²) in [7, 11) is -3.50. The van der Waals surface area contributed by atoms with Crippen molar-refractivity contribution in [3.05, 3.63) is 70.1 Å². The van der Waals surface area contributed by atoms with E-state index in [1.54, 1.807) is 10.4 Å². The summed E-state index contributed by atoms with van der Waals surface area (Å²) < 4.78 is 34.1. The van der Waals surface area contributed by atoms with Crippen molar-refractivity contribution in [3.63, 3.8) is 0 Å². The molecule has 1 fully saturated rings. The summed E-state index contributed by atoms with van der Waals surface area (Å²) in [5.74, 6) is 1.45. The number of benzene rings is 2. The van der Waals surface area contributed by atoms with Gasteiger partial charge in [-0.1, -0.05) is 24.3 Å². The standard InChI is InChI=1S/C25H31N3O3S/c1-17-8-6-7-9-22(17)25-26-23(21(5)31-25)16-27-10-12-28(13-11-27)32(29,30)24-15-19(3)18(2)14-20(24)4/h6-9,14-15H,10-13,16H2,1-5H3. The summed E-state index contributed by atoms with van der Waals surface area (Å²) in [6.45, 7) is 12.7. The molecule has 0 bridgehead atoms. The van der Waals surface area contributed by atoms with Crippen LogP contribution in [-0.2, 0) is 16.6 Å². The molecular weight excluding hydrogens is 422 g/mol. The van der Waals surface area contributed by atoms with E-state index in [0.717, 1.165) is 39.3 Å². The van der Waals surface area contributed by atoms with Crippen LogP contribution in [0.4, 0.5) is 0 Å². The van der Waals surface area contributed by atoms with Gasteiger partial charge in [0.25, 0.3) is 0 Å². The van der Waals surface area contributed by atoms with Crippen LogP contribution in [0.5, 0.6) is 0 Å². The molecular formula is C25H31N3O3S. The molecule has 32 heavy (non-hydrogen) atoms. The highest BCUT2D eigenvalue weighted by Crippen LogP contribution is 2.27. The first-order chi connectivity index (χ1) is 15.2. The summed E-state index contributed by atoms with van der Waals surface area (Å²) in [6, 6.07) is 11.8. The van der Waals surface area contributed by atoms with Crippen LogP contribution in [0.1, 0.15) is 33.7 Å². The molecule has 7 heteroatoms. The summed E-state index contributed by atoms with van der Waals surface area (Å²) in [4.78, 5) is 7.40. The van der Waals surface area contributed by atoms with E-state index in [1.807, 2.05) is 65.0 Å². The van der Waals surface area contributed by atoms with Crippen LogP contribution >= 0.6 is 0 Å². The number of nitrogens with zero attached hydrogens (tertiary/aromatic N) is 3. The minimum atomic E-state index is -3.50. The van der Waals surface area contributed by atoms with Crippen LogP contribution < -0.4 is 0 Å². The monoisotopic (exact) mass is 453 g/mol. The van der Waals surface area contributed by atoms with Gasteiger partial charge in [-0.3, -0.25) is 4.90 Å². The molecule has 0 amide bonds. The van der Waals surface area contributed by atoms with Crippen molar-refractivity contribution < 1.29 is 12.8 Å². The molecule has 3 aromatic rings. The Labute approximate surface area is 190 Å². The Morgan fingerprint density at radius 3 is 2.22 bits per heavy atom. The Bertz CT molecular complexity index is 1240. The van der Waals surface area contributed by atoms with Crippen molar-refractivity contribution in [1.29, 1.82) is 0 Å². The van der Waals surface area contributed by atoms with Crippen LogP contribution in [0.25, 0.3) is 11.5 Å². The van der Waals surface area contributed by atoms with Crippen molar-refractivity contribution >= 4 is 10.0 Å². The van der Waals surface area contributed by atoms with Gasteiger partial charge in [-0.05, 0) is 69.0 Å². The van der Waals surface area contributed by atoms with Crippen molar-refractivity contribution in [2.75, 3.05) is 26.2 Å². The van der Waals surface area contributed by atoms with E-state index in [0.29, 0.717) is 43.5 Å². The van der Waals surface area contributed by atoms with E-state index >= 15 is 0 Å².